The molecule has 402 valence electrons. The van der Waals surface area contributed by atoms with E-state index in [1.54, 1.807) is 82.2 Å². The van der Waals surface area contributed by atoms with Crippen LogP contribution in [0.5, 0.6) is 0 Å². The van der Waals surface area contributed by atoms with Crippen molar-refractivity contribution in [3.05, 3.63) is 126 Å². The number of nitrogens with zero attached hydrogens (tertiary/aromatic N) is 10. The number of carbonyl (C=O) groups excluding carboxylic acids is 5. The van der Waals surface area contributed by atoms with E-state index in [0.29, 0.717) is 27.1 Å². The molecule has 7 N–H and O–H groups in total. The van der Waals surface area contributed by atoms with E-state index in [2.05, 4.69) is 50.5 Å². The van der Waals surface area contributed by atoms with Crippen molar-refractivity contribution in [2.45, 2.75) is 58.6 Å². The number of aromatic amines is 3. The number of ether oxygens (including phenoxy) is 4. The van der Waals surface area contributed by atoms with E-state index in [1.807, 2.05) is 19.9 Å². The molecule has 0 radical (unpaired) electrons. The van der Waals surface area contributed by atoms with Crippen LogP contribution in [-0.2, 0) is 30.8 Å². The molecule has 0 spiro atoms. The number of fused-ring (bicyclic) bond motifs is 3. The fraction of sp³-hybridized carbons (Fsp3) is 0.255. The summed E-state index contributed by atoms with van der Waals surface area (Å²) in [6.07, 6.45) is 7.05. The van der Waals surface area contributed by atoms with Gasteiger partial charge in [-0.1, -0.05) is 41.9 Å². The zero-order valence-electron chi connectivity index (χ0n) is 42.3. The maximum atomic E-state index is 13.1. The van der Waals surface area contributed by atoms with E-state index >= 15 is 0 Å². The van der Waals surface area contributed by atoms with Crippen molar-refractivity contribution in [2.24, 2.45) is 7.05 Å². The van der Waals surface area contributed by atoms with Gasteiger partial charge in [0.2, 0.25) is 23.8 Å². The smallest absolute Gasteiger partial charge is 0.413 e. The molecule has 1 aromatic carbocycles. The number of anilines is 3. The predicted octanol–water partition coefficient (Wildman–Crippen LogP) is 4.71. The van der Waals surface area contributed by atoms with Crippen LogP contribution in [0, 0.1) is 13.8 Å². The van der Waals surface area contributed by atoms with E-state index in [9.17, 15) is 38.4 Å². The average Bonchev–Trinajstić information content (AvgIpc) is 4.29. The van der Waals surface area contributed by atoms with Crippen LogP contribution in [-0.4, -0.2) is 119 Å². The van der Waals surface area contributed by atoms with E-state index < -0.39 is 41.3 Å². The van der Waals surface area contributed by atoms with Gasteiger partial charge in [0.1, 0.15) is 44.7 Å². The van der Waals surface area contributed by atoms with Gasteiger partial charge in [-0.3, -0.25) is 34.9 Å². The van der Waals surface area contributed by atoms with Crippen LogP contribution in [0.4, 0.5) is 22.6 Å². The van der Waals surface area contributed by atoms with Crippen molar-refractivity contribution in [3.63, 3.8) is 0 Å². The number of nitrogens with one attached hydrogen (secondary N) is 5. The zero-order chi connectivity index (χ0) is 55.8. The third-order valence-corrected chi connectivity index (χ3v) is 12.4. The Labute approximate surface area is 442 Å². The minimum Gasteiger partial charge on any atom is -0.462 e. The summed E-state index contributed by atoms with van der Waals surface area (Å²) in [5, 5.41) is 5.67. The van der Waals surface area contributed by atoms with Crippen molar-refractivity contribution in [3.8, 4) is 16.9 Å². The number of aromatic nitrogens is 13. The van der Waals surface area contributed by atoms with Gasteiger partial charge in [-0.05, 0) is 70.0 Å². The summed E-state index contributed by atoms with van der Waals surface area (Å²) in [6.45, 7) is 11.9. The molecule has 0 aliphatic carbocycles. The first-order valence-corrected chi connectivity index (χ1v) is 24.4. The molecule has 8 heterocycles. The van der Waals surface area contributed by atoms with Crippen molar-refractivity contribution < 1.29 is 42.9 Å². The molecule has 0 bridgehead atoms. The van der Waals surface area contributed by atoms with Crippen molar-refractivity contribution in [1.29, 1.82) is 0 Å². The molecule has 8 aromatic heterocycles. The molecular formula is C47H49ClN16O12S. The average molecular weight is 1100 g/mol. The van der Waals surface area contributed by atoms with Gasteiger partial charge in [-0.15, -0.1) is 0 Å². The van der Waals surface area contributed by atoms with E-state index in [-0.39, 0.29) is 88.8 Å². The van der Waals surface area contributed by atoms with Crippen LogP contribution in [0.2, 0.25) is 5.15 Å². The molecule has 9 aromatic rings. The molecule has 0 unspecified atom stereocenters. The summed E-state index contributed by atoms with van der Waals surface area (Å²) >= 11 is 6.95. The Kier molecular flexibility index (Phi) is 17.1. The van der Waals surface area contributed by atoms with Gasteiger partial charge in [-0.25, -0.2) is 56.7 Å². The molecule has 28 nitrogen and oxygen atoms in total. The zero-order valence-corrected chi connectivity index (χ0v) is 43.9. The Morgan fingerprint density at radius 3 is 1.86 bits per heavy atom. The number of benzene rings is 1. The monoisotopic (exact) mass is 1100 g/mol. The lowest BCUT2D eigenvalue weighted by Gasteiger charge is -2.08. The fourth-order valence-electron chi connectivity index (χ4n) is 7.51. The Balaban J connectivity index is 0.000000180. The third-order valence-electron chi connectivity index (χ3n) is 10.8. The molecular weight excluding hydrogens is 1050 g/mol. The van der Waals surface area contributed by atoms with Gasteiger partial charge in [0.15, 0.2) is 16.5 Å². The Bertz CT molecular complexity index is 3890. The number of halogens is 1. The first kappa shape index (κ1) is 55.2. The summed E-state index contributed by atoms with van der Waals surface area (Å²) in [5.74, 6) is -2.79. The summed E-state index contributed by atoms with van der Waals surface area (Å²) in [4.78, 5) is 128. The van der Waals surface area contributed by atoms with Crippen LogP contribution < -0.4 is 33.4 Å². The maximum Gasteiger partial charge on any atom is 0.413 e. The lowest BCUT2D eigenvalue weighted by Crippen LogP contribution is -2.24. The number of imidazole rings is 2. The van der Waals surface area contributed by atoms with E-state index in [1.165, 1.54) is 32.8 Å². The Morgan fingerprint density at radius 1 is 0.688 bits per heavy atom. The molecule has 0 aliphatic rings. The van der Waals surface area contributed by atoms with Gasteiger partial charge in [0.05, 0.1) is 26.4 Å². The number of hydrogen-bond acceptors (Lipinski definition) is 19. The summed E-state index contributed by atoms with van der Waals surface area (Å²) in [6, 6.07) is 9.01. The molecule has 0 aliphatic heterocycles. The third kappa shape index (κ3) is 11.4. The van der Waals surface area contributed by atoms with Gasteiger partial charge in [-0.2, -0.15) is 15.0 Å². The van der Waals surface area contributed by atoms with Gasteiger partial charge < -0.3 is 29.2 Å². The highest BCUT2D eigenvalue weighted by atomic mass is 35.5. The van der Waals surface area contributed by atoms with Crippen molar-refractivity contribution >= 4 is 88.1 Å². The van der Waals surface area contributed by atoms with Crippen LogP contribution in [0.1, 0.15) is 76.8 Å². The van der Waals surface area contributed by atoms with Gasteiger partial charge >= 0.3 is 41.1 Å². The predicted molar refractivity (Wildman–Crippen MR) is 279 cm³/mol. The largest absolute Gasteiger partial charge is 0.462 e. The second kappa shape index (κ2) is 23.8. The summed E-state index contributed by atoms with van der Waals surface area (Å²) in [7, 11) is 1.73. The minimum atomic E-state index is -0.860. The van der Waals surface area contributed by atoms with Crippen LogP contribution >= 0.6 is 23.4 Å². The van der Waals surface area contributed by atoms with Crippen LogP contribution in [0.25, 0.3) is 33.9 Å². The highest BCUT2D eigenvalue weighted by molar-refractivity contribution is 7.99. The molecule has 2 amide bonds. The normalized spacial score (nSPS) is 10.9. The number of hydrogen-bond donors (Lipinski definition) is 6. The molecule has 9 rings (SSSR count). The Hall–Kier alpha value is -9.51. The molecule has 0 atom stereocenters. The molecule has 0 saturated carbocycles. The quantitative estimate of drug-likeness (QED) is 0.0672. The molecule has 30 heteroatoms. The minimum absolute atomic E-state index is 0.0298. The number of aryl methyl sites for hydroxylation is 2. The lowest BCUT2D eigenvalue weighted by molar-refractivity contribution is -0.114. The second-order valence-corrected chi connectivity index (χ2v) is 17.1. The van der Waals surface area contributed by atoms with Crippen molar-refractivity contribution in [2.75, 3.05) is 42.8 Å². The summed E-state index contributed by atoms with van der Waals surface area (Å²) < 4.78 is 27.2. The SMILES string of the molecule is CCOC(=O)Nc1nc2c(-c3ccccc3)c(C(=O)OCC)c(-n3ccnc3)n2c(=O)[nH]1.CCOC(=O)c1c(C(=O)OCC)c2nc(NC(C)=O)[nH]c(=O)n2c1Sc1nccn1C.Cc1c(C)c2nc(N)[nH]c(=O)n2c1Cl. The van der Waals surface area contributed by atoms with Crippen LogP contribution in [0.15, 0.2) is 86.0 Å². The molecule has 77 heavy (non-hydrogen) atoms. The number of esters is 3. The first-order chi connectivity index (χ1) is 36.8. The summed E-state index contributed by atoms with van der Waals surface area (Å²) in [5.41, 5.74) is 6.66. The van der Waals surface area contributed by atoms with Gasteiger partial charge in [0, 0.05) is 44.3 Å². The number of carbonyl (C=O) groups is 5. The van der Waals surface area contributed by atoms with Crippen molar-refractivity contribution in [1.82, 2.24) is 62.2 Å². The highest BCUT2D eigenvalue weighted by Crippen LogP contribution is 2.36. The van der Waals surface area contributed by atoms with Gasteiger partial charge in [0.25, 0.3) is 0 Å². The van der Waals surface area contributed by atoms with E-state index in [0.717, 1.165) is 27.3 Å². The number of H-pyrrole nitrogens is 3. The van der Waals surface area contributed by atoms with E-state index in [4.69, 9.17) is 36.3 Å². The second-order valence-electron chi connectivity index (χ2n) is 15.8. The standard InChI is InChI=1S/C21H20N6O5.C18H20N6O6S.C8H9ClN4O/c1-3-31-18(28)15-14(13-8-6-5-7-9-13)16-23-19(25-21(30)32-4-2)24-20(29)27(16)17(15)26-11-10-22-12-26;1-5-29-14(26)10-11(15(27)30-6-2)13(31-18-19-7-8-23(18)4)24-12(10)21-16(20-9(3)25)22-17(24)28;1-3-4(2)6-11-7(10)12-8(14)13(6)5(3)9/h5-12H,3-4H2,1-2H3,(H2,23,24,25,29,30);7-8H,5-6H2,1-4H3,(H2,20,21,22,25,28);1-2H3,(H3,10,11,12,14). The maximum absolute atomic E-state index is 13.1. The number of nitrogens with two attached hydrogens (primary N) is 1. The number of amides is 2. The number of rotatable bonds is 13. The molecule has 0 saturated heterocycles. The molecule has 0 fully saturated rings. The number of nitrogen functional groups attached to an aromatic ring is 1. The highest BCUT2D eigenvalue weighted by Gasteiger charge is 2.34. The van der Waals surface area contributed by atoms with Crippen LogP contribution in [0.3, 0.4) is 0 Å². The lowest BCUT2D eigenvalue weighted by atomic mass is 10.0. The first-order valence-electron chi connectivity index (χ1n) is 23.2. The topological polar surface area (TPSA) is 358 Å². The fourth-order valence-corrected chi connectivity index (χ4v) is 8.85. The Morgan fingerprint density at radius 2 is 1.27 bits per heavy atom.